The Morgan fingerprint density at radius 1 is 0.641 bits per heavy atom. The maximum atomic E-state index is 10.6. The van der Waals surface area contributed by atoms with Crippen molar-refractivity contribution in [3.05, 3.63) is 116 Å². The first-order valence-electron chi connectivity index (χ1n) is 12.5. The van der Waals surface area contributed by atoms with Crippen molar-refractivity contribution in [3.63, 3.8) is 0 Å². The standard InChI is InChI=1S/C17H19BrO2.C15H13BrO3/c1-3-4-13-7-10-17(16(18)11-13)20-12-14-5-8-15(19-2)9-6-14;1-18-13-5-2-11(3-6-13)10-19-15-7-4-12(9-17)8-14(15)16/h5-11H,3-4,12H2,1-2H3;2-9H,10H2,1H3. The van der Waals surface area contributed by atoms with Crippen molar-refractivity contribution < 1.29 is 23.7 Å². The van der Waals surface area contributed by atoms with Crippen LogP contribution >= 0.6 is 31.9 Å². The molecule has 5 nitrogen and oxygen atoms in total. The summed E-state index contributed by atoms with van der Waals surface area (Å²) in [4.78, 5) is 10.6. The number of aldehydes is 1. The van der Waals surface area contributed by atoms with Gasteiger partial charge in [0.05, 0.1) is 23.2 Å². The Bertz CT molecular complexity index is 1320. The molecule has 4 aromatic rings. The second-order valence-electron chi connectivity index (χ2n) is 8.60. The number of carbonyl (C=O) groups excluding carboxylic acids is 1. The molecule has 0 radical (unpaired) electrons. The highest BCUT2D eigenvalue weighted by atomic mass is 79.9. The van der Waals surface area contributed by atoms with Crippen molar-refractivity contribution in [2.45, 2.75) is 33.0 Å². The fraction of sp³-hybridized carbons (Fsp3) is 0.219. The predicted molar refractivity (Wildman–Crippen MR) is 162 cm³/mol. The quantitative estimate of drug-likeness (QED) is 0.151. The molecular weight excluding hydrogens is 624 g/mol. The van der Waals surface area contributed by atoms with Crippen molar-refractivity contribution in [2.75, 3.05) is 14.2 Å². The lowest BCUT2D eigenvalue weighted by Gasteiger charge is -2.10. The van der Waals surface area contributed by atoms with Gasteiger partial charge in [0, 0.05) is 5.56 Å². The van der Waals surface area contributed by atoms with Crippen molar-refractivity contribution in [3.8, 4) is 23.0 Å². The highest BCUT2D eigenvalue weighted by molar-refractivity contribution is 9.10. The summed E-state index contributed by atoms with van der Waals surface area (Å²) in [6.45, 7) is 3.20. The summed E-state index contributed by atoms with van der Waals surface area (Å²) in [5.41, 5.74) is 4.11. The van der Waals surface area contributed by atoms with Crippen LogP contribution in [0.2, 0.25) is 0 Å². The van der Waals surface area contributed by atoms with Gasteiger partial charge in [-0.1, -0.05) is 43.7 Å². The third kappa shape index (κ3) is 9.75. The van der Waals surface area contributed by atoms with Gasteiger partial charge in [-0.25, -0.2) is 0 Å². The zero-order valence-corrected chi connectivity index (χ0v) is 25.5. The lowest BCUT2D eigenvalue weighted by molar-refractivity contribution is 0.112. The Kier molecular flexibility index (Phi) is 12.4. The number of ether oxygens (including phenoxy) is 4. The van der Waals surface area contributed by atoms with E-state index < -0.39 is 0 Å². The summed E-state index contributed by atoms with van der Waals surface area (Å²) in [6.07, 6.45) is 3.05. The van der Waals surface area contributed by atoms with Crippen LogP contribution in [0.25, 0.3) is 0 Å². The molecular formula is C32H32Br2O5. The zero-order valence-electron chi connectivity index (χ0n) is 22.3. The highest BCUT2D eigenvalue weighted by Gasteiger charge is 2.05. The van der Waals surface area contributed by atoms with Crippen LogP contribution in [0.3, 0.4) is 0 Å². The second-order valence-corrected chi connectivity index (χ2v) is 10.3. The number of aryl methyl sites for hydroxylation is 1. The summed E-state index contributed by atoms with van der Waals surface area (Å²) in [7, 11) is 3.30. The number of hydrogen-bond donors (Lipinski definition) is 0. The van der Waals surface area contributed by atoms with Gasteiger partial charge < -0.3 is 18.9 Å². The van der Waals surface area contributed by atoms with E-state index in [2.05, 4.69) is 50.9 Å². The summed E-state index contributed by atoms with van der Waals surface area (Å²) in [5, 5.41) is 0. The van der Waals surface area contributed by atoms with E-state index in [1.807, 2.05) is 54.6 Å². The van der Waals surface area contributed by atoms with E-state index in [9.17, 15) is 4.79 Å². The van der Waals surface area contributed by atoms with Crippen molar-refractivity contribution in [1.82, 2.24) is 0 Å². The minimum atomic E-state index is 0.461. The fourth-order valence-corrected chi connectivity index (χ4v) is 4.63. The number of methoxy groups -OCH3 is 2. The van der Waals surface area contributed by atoms with E-state index in [1.54, 1.807) is 32.4 Å². The largest absolute Gasteiger partial charge is 0.497 e. The number of benzene rings is 4. The molecule has 4 aromatic carbocycles. The van der Waals surface area contributed by atoms with Gasteiger partial charge in [-0.2, -0.15) is 0 Å². The van der Waals surface area contributed by atoms with Crippen LogP contribution in [0.15, 0.2) is 93.9 Å². The minimum absolute atomic E-state index is 0.461. The molecule has 0 aliphatic rings. The summed E-state index contributed by atoms with van der Waals surface area (Å²) < 4.78 is 23.5. The molecule has 0 saturated carbocycles. The van der Waals surface area contributed by atoms with Gasteiger partial charge in [0.1, 0.15) is 42.5 Å². The van der Waals surface area contributed by atoms with Crippen molar-refractivity contribution >= 4 is 38.1 Å². The molecule has 0 heterocycles. The molecule has 0 amide bonds. The summed E-state index contributed by atoms with van der Waals surface area (Å²) >= 11 is 6.95. The Morgan fingerprint density at radius 3 is 1.51 bits per heavy atom. The maximum absolute atomic E-state index is 10.6. The Hall–Kier alpha value is -3.29. The van der Waals surface area contributed by atoms with Gasteiger partial charge in [-0.15, -0.1) is 0 Å². The maximum Gasteiger partial charge on any atom is 0.150 e. The first-order chi connectivity index (χ1) is 18.9. The van der Waals surface area contributed by atoms with E-state index >= 15 is 0 Å². The van der Waals surface area contributed by atoms with Gasteiger partial charge in [-0.3, -0.25) is 4.79 Å². The van der Waals surface area contributed by atoms with Crippen LogP contribution in [0.4, 0.5) is 0 Å². The van der Waals surface area contributed by atoms with Crippen LogP contribution in [0.1, 0.15) is 40.4 Å². The molecule has 0 N–H and O–H groups in total. The van der Waals surface area contributed by atoms with Crippen molar-refractivity contribution in [2.24, 2.45) is 0 Å². The smallest absolute Gasteiger partial charge is 0.150 e. The third-order valence-corrected chi connectivity index (χ3v) is 6.97. The molecule has 204 valence electrons. The molecule has 0 aromatic heterocycles. The molecule has 4 rings (SSSR count). The summed E-state index contributed by atoms with van der Waals surface area (Å²) in [6, 6.07) is 27.1. The normalized spacial score (nSPS) is 10.2. The van der Waals surface area contributed by atoms with Crippen LogP contribution in [0, 0.1) is 0 Å². The average Bonchev–Trinajstić information content (AvgIpc) is 2.97. The zero-order chi connectivity index (χ0) is 28.0. The minimum Gasteiger partial charge on any atom is -0.497 e. The molecule has 7 heteroatoms. The number of carbonyl (C=O) groups is 1. The summed E-state index contributed by atoms with van der Waals surface area (Å²) in [5.74, 6) is 3.27. The SMILES string of the molecule is CCCc1ccc(OCc2ccc(OC)cc2)c(Br)c1.COc1ccc(COc2ccc(C=O)cc2Br)cc1. The highest BCUT2D eigenvalue weighted by Crippen LogP contribution is 2.28. The van der Waals surface area contributed by atoms with Gasteiger partial charge >= 0.3 is 0 Å². The van der Waals surface area contributed by atoms with Gasteiger partial charge in [0.15, 0.2) is 0 Å². The molecule has 39 heavy (non-hydrogen) atoms. The van der Waals surface area contributed by atoms with E-state index in [0.29, 0.717) is 24.5 Å². The lowest BCUT2D eigenvalue weighted by Crippen LogP contribution is -1.97. The topological polar surface area (TPSA) is 54.0 Å². The number of rotatable bonds is 11. The van der Waals surface area contributed by atoms with Gasteiger partial charge in [0.2, 0.25) is 0 Å². The van der Waals surface area contributed by atoms with Crippen LogP contribution in [-0.4, -0.2) is 20.5 Å². The monoisotopic (exact) mass is 654 g/mol. The molecule has 0 saturated heterocycles. The second kappa shape index (κ2) is 16.0. The molecule has 0 atom stereocenters. The molecule has 0 fully saturated rings. The Morgan fingerprint density at radius 2 is 1.10 bits per heavy atom. The molecule has 0 spiro atoms. The predicted octanol–water partition coefficient (Wildman–Crippen LogP) is 8.84. The van der Waals surface area contributed by atoms with E-state index in [1.165, 1.54) is 5.56 Å². The number of hydrogen-bond acceptors (Lipinski definition) is 5. The average molecular weight is 656 g/mol. The lowest BCUT2D eigenvalue weighted by atomic mass is 10.1. The first-order valence-corrected chi connectivity index (χ1v) is 14.1. The van der Waals surface area contributed by atoms with E-state index in [-0.39, 0.29) is 0 Å². The van der Waals surface area contributed by atoms with E-state index in [4.69, 9.17) is 18.9 Å². The third-order valence-electron chi connectivity index (χ3n) is 5.73. The first kappa shape index (κ1) is 30.3. The molecule has 0 unspecified atom stereocenters. The Balaban J connectivity index is 0.000000216. The Labute approximate surface area is 247 Å². The molecule has 0 aliphatic heterocycles. The van der Waals surface area contributed by atoms with Crippen LogP contribution < -0.4 is 18.9 Å². The van der Waals surface area contributed by atoms with E-state index in [0.717, 1.165) is 56.4 Å². The molecule has 0 bridgehead atoms. The number of halogens is 2. The van der Waals surface area contributed by atoms with Gasteiger partial charge in [-0.05, 0) is 110 Å². The van der Waals surface area contributed by atoms with Crippen LogP contribution in [-0.2, 0) is 19.6 Å². The van der Waals surface area contributed by atoms with Gasteiger partial charge in [0.25, 0.3) is 0 Å². The molecule has 0 aliphatic carbocycles. The van der Waals surface area contributed by atoms with Crippen LogP contribution in [0.5, 0.6) is 23.0 Å². The van der Waals surface area contributed by atoms with Crippen molar-refractivity contribution in [1.29, 1.82) is 0 Å². The fourth-order valence-electron chi connectivity index (χ4n) is 3.58.